The van der Waals surface area contributed by atoms with Crippen LogP contribution in [0.5, 0.6) is 5.75 Å². The molecule has 1 aliphatic rings. The molecule has 2 nitrogen and oxygen atoms in total. The summed E-state index contributed by atoms with van der Waals surface area (Å²) in [6, 6.07) is 14.7. The Morgan fingerprint density at radius 1 is 1.15 bits per heavy atom. The molecule has 3 heteroatoms. The SMILES string of the molecule is NC(c1ccc2c(c1)CCO2)c1cccc2ccsc12. The summed E-state index contributed by atoms with van der Waals surface area (Å²) in [4.78, 5) is 0. The van der Waals surface area contributed by atoms with E-state index in [1.165, 1.54) is 21.2 Å². The Kier molecular flexibility index (Phi) is 2.76. The summed E-state index contributed by atoms with van der Waals surface area (Å²) in [7, 11) is 0. The van der Waals surface area contributed by atoms with Gasteiger partial charge in [0.15, 0.2) is 0 Å². The van der Waals surface area contributed by atoms with Crippen LogP contribution in [0.1, 0.15) is 22.7 Å². The maximum Gasteiger partial charge on any atom is 0.122 e. The minimum absolute atomic E-state index is 0.0803. The Bertz CT molecular complexity index is 778. The molecule has 0 amide bonds. The first kappa shape index (κ1) is 11.9. The molecule has 1 unspecified atom stereocenters. The number of ether oxygens (including phenoxy) is 1. The lowest BCUT2D eigenvalue weighted by atomic mass is 9.96. The van der Waals surface area contributed by atoms with E-state index in [1.54, 1.807) is 11.3 Å². The number of thiophene rings is 1. The number of hydrogen-bond donors (Lipinski definition) is 1. The minimum atomic E-state index is -0.0803. The Balaban J connectivity index is 1.80. The van der Waals surface area contributed by atoms with Crippen LogP contribution in [-0.4, -0.2) is 6.61 Å². The second-order valence-electron chi connectivity index (χ2n) is 5.13. The first-order valence-electron chi connectivity index (χ1n) is 6.80. The van der Waals surface area contributed by atoms with E-state index >= 15 is 0 Å². The summed E-state index contributed by atoms with van der Waals surface area (Å²) in [5.41, 5.74) is 10.1. The van der Waals surface area contributed by atoms with Gasteiger partial charge in [0.25, 0.3) is 0 Å². The fraction of sp³-hybridized carbons (Fsp3) is 0.176. The van der Waals surface area contributed by atoms with E-state index in [-0.39, 0.29) is 6.04 Å². The third-order valence-corrected chi connectivity index (χ3v) is 4.90. The number of fused-ring (bicyclic) bond motifs is 2. The molecule has 0 fully saturated rings. The van der Waals surface area contributed by atoms with Crippen LogP contribution in [0.3, 0.4) is 0 Å². The molecule has 2 N–H and O–H groups in total. The third kappa shape index (κ3) is 1.82. The number of benzene rings is 2. The summed E-state index contributed by atoms with van der Waals surface area (Å²) in [6.45, 7) is 0.786. The monoisotopic (exact) mass is 281 g/mol. The fourth-order valence-corrected chi connectivity index (χ4v) is 3.79. The molecule has 0 saturated carbocycles. The van der Waals surface area contributed by atoms with Crippen molar-refractivity contribution in [3.05, 3.63) is 64.5 Å². The maximum absolute atomic E-state index is 6.50. The highest BCUT2D eigenvalue weighted by Gasteiger charge is 2.17. The first-order valence-corrected chi connectivity index (χ1v) is 7.68. The molecule has 0 radical (unpaired) electrons. The van der Waals surface area contributed by atoms with Crippen molar-refractivity contribution in [1.82, 2.24) is 0 Å². The van der Waals surface area contributed by atoms with Crippen molar-refractivity contribution in [3.8, 4) is 5.75 Å². The van der Waals surface area contributed by atoms with Crippen LogP contribution in [0.4, 0.5) is 0 Å². The van der Waals surface area contributed by atoms with Gasteiger partial charge >= 0.3 is 0 Å². The van der Waals surface area contributed by atoms with Crippen LogP contribution >= 0.6 is 11.3 Å². The Hall–Kier alpha value is -1.84. The quantitative estimate of drug-likeness (QED) is 0.773. The van der Waals surface area contributed by atoms with Gasteiger partial charge in [-0.1, -0.05) is 30.3 Å². The Morgan fingerprint density at radius 3 is 3.05 bits per heavy atom. The van der Waals surface area contributed by atoms with Crippen molar-refractivity contribution in [2.24, 2.45) is 5.73 Å². The van der Waals surface area contributed by atoms with Crippen molar-refractivity contribution in [3.63, 3.8) is 0 Å². The lowest BCUT2D eigenvalue weighted by Gasteiger charge is -2.14. The molecule has 0 bridgehead atoms. The molecule has 3 aromatic rings. The Labute approximate surface area is 121 Å². The molecule has 4 rings (SSSR count). The zero-order valence-electron chi connectivity index (χ0n) is 11.0. The van der Waals surface area contributed by atoms with Crippen LogP contribution < -0.4 is 10.5 Å². The minimum Gasteiger partial charge on any atom is -0.493 e. The average molecular weight is 281 g/mol. The van der Waals surface area contributed by atoms with Crippen molar-refractivity contribution >= 4 is 21.4 Å². The van der Waals surface area contributed by atoms with Gasteiger partial charge < -0.3 is 10.5 Å². The summed E-state index contributed by atoms with van der Waals surface area (Å²) in [6.07, 6.45) is 0.985. The summed E-state index contributed by atoms with van der Waals surface area (Å²) >= 11 is 1.76. The van der Waals surface area contributed by atoms with E-state index < -0.39 is 0 Å². The zero-order valence-corrected chi connectivity index (χ0v) is 11.8. The van der Waals surface area contributed by atoms with Gasteiger partial charge in [-0.2, -0.15) is 0 Å². The normalized spacial score (nSPS) is 15.1. The molecule has 1 aromatic heterocycles. The Morgan fingerprint density at radius 2 is 2.10 bits per heavy atom. The molecule has 2 heterocycles. The molecule has 1 atom stereocenters. The molecule has 1 aliphatic heterocycles. The predicted molar refractivity (Wildman–Crippen MR) is 83.5 cm³/mol. The van der Waals surface area contributed by atoms with E-state index in [0.717, 1.165) is 24.3 Å². The number of hydrogen-bond acceptors (Lipinski definition) is 3. The number of nitrogens with two attached hydrogens (primary N) is 1. The molecule has 100 valence electrons. The van der Waals surface area contributed by atoms with Crippen molar-refractivity contribution in [2.75, 3.05) is 6.61 Å². The van der Waals surface area contributed by atoms with Crippen LogP contribution in [-0.2, 0) is 6.42 Å². The van der Waals surface area contributed by atoms with Crippen LogP contribution in [0.2, 0.25) is 0 Å². The van der Waals surface area contributed by atoms with E-state index in [9.17, 15) is 0 Å². The summed E-state index contributed by atoms with van der Waals surface area (Å²) in [5, 5.41) is 3.39. The highest BCUT2D eigenvalue weighted by molar-refractivity contribution is 7.17. The van der Waals surface area contributed by atoms with Gasteiger partial charge in [-0.25, -0.2) is 0 Å². The first-order chi connectivity index (χ1) is 9.83. The van der Waals surface area contributed by atoms with E-state index in [2.05, 4.69) is 41.8 Å². The van der Waals surface area contributed by atoms with Gasteiger partial charge in [-0.05, 0) is 39.6 Å². The molecule has 2 aromatic carbocycles. The highest BCUT2D eigenvalue weighted by Crippen LogP contribution is 2.33. The predicted octanol–water partition coefficient (Wildman–Crippen LogP) is 3.88. The standard InChI is InChI=1S/C17H15NOS/c18-16(13-4-5-15-12(10-13)6-8-19-15)14-3-1-2-11-7-9-20-17(11)14/h1-5,7,9-10,16H,6,8,18H2. The van der Waals surface area contributed by atoms with Crippen molar-refractivity contribution < 1.29 is 4.74 Å². The lowest BCUT2D eigenvalue weighted by Crippen LogP contribution is -2.12. The molecule has 0 aliphatic carbocycles. The second-order valence-corrected chi connectivity index (χ2v) is 6.05. The van der Waals surface area contributed by atoms with Gasteiger partial charge in [0.05, 0.1) is 12.6 Å². The second kappa shape index (κ2) is 4.62. The van der Waals surface area contributed by atoms with E-state index in [4.69, 9.17) is 10.5 Å². The maximum atomic E-state index is 6.50. The largest absolute Gasteiger partial charge is 0.493 e. The fourth-order valence-electron chi connectivity index (χ4n) is 2.84. The molecule has 20 heavy (non-hydrogen) atoms. The van der Waals surface area contributed by atoms with Crippen molar-refractivity contribution in [1.29, 1.82) is 0 Å². The van der Waals surface area contributed by atoms with Gasteiger partial charge in [0.1, 0.15) is 5.75 Å². The van der Waals surface area contributed by atoms with Gasteiger partial charge in [0, 0.05) is 11.1 Å². The number of rotatable bonds is 2. The van der Waals surface area contributed by atoms with Gasteiger partial charge in [-0.3, -0.25) is 0 Å². The smallest absolute Gasteiger partial charge is 0.122 e. The average Bonchev–Trinajstić information content (AvgIpc) is 3.13. The van der Waals surface area contributed by atoms with Gasteiger partial charge in [0.2, 0.25) is 0 Å². The summed E-state index contributed by atoms with van der Waals surface area (Å²) in [5.74, 6) is 1.01. The molecular weight excluding hydrogens is 266 g/mol. The molecule has 0 spiro atoms. The van der Waals surface area contributed by atoms with Crippen LogP contribution in [0.25, 0.3) is 10.1 Å². The zero-order chi connectivity index (χ0) is 13.5. The summed E-state index contributed by atoms with van der Waals surface area (Å²) < 4.78 is 6.85. The van der Waals surface area contributed by atoms with E-state index in [0.29, 0.717) is 0 Å². The van der Waals surface area contributed by atoms with Gasteiger partial charge in [-0.15, -0.1) is 11.3 Å². The van der Waals surface area contributed by atoms with Crippen molar-refractivity contribution in [2.45, 2.75) is 12.5 Å². The van der Waals surface area contributed by atoms with Crippen LogP contribution in [0, 0.1) is 0 Å². The highest BCUT2D eigenvalue weighted by atomic mass is 32.1. The topological polar surface area (TPSA) is 35.2 Å². The van der Waals surface area contributed by atoms with E-state index in [1.807, 2.05) is 6.07 Å². The van der Waals surface area contributed by atoms with Crippen LogP contribution in [0.15, 0.2) is 47.8 Å². The molecular formula is C17H15NOS. The lowest BCUT2D eigenvalue weighted by molar-refractivity contribution is 0.357. The third-order valence-electron chi connectivity index (χ3n) is 3.92. The molecule has 0 saturated heterocycles.